The Labute approximate surface area is 84.6 Å². The lowest BCUT2D eigenvalue weighted by atomic mass is 10.3. The van der Waals surface area contributed by atoms with Crippen LogP contribution in [0.4, 0.5) is 0 Å². The molecule has 0 atom stereocenters. The zero-order chi connectivity index (χ0) is 7.72. The first-order valence-electron chi connectivity index (χ1n) is 2.59. The second-order valence-electron chi connectivity index (χ2n) is 1.84. The summed E-state index contributed by atoms with van der Waals surface area (Å²) in [7, 11) is 0. The summed E-state index contributed by atoms with van der Waals surface area (Å²) in [5.41, 5.74) is 1.11. The maximum absolute atomic E-state index is 4.08. The largest absolute Gasteiger partial charge is 0.248 e. The fourth-order valence-corrected chi connectivity index (χ4v) is 1.79. The zero-order valence-electron chi connectivity index (χ0n) is 5.16. The van der Waals surface area contributed by atoms with E-state index in [1.165, 1.54) is 0 Å². The van der Waals surface area contributed by atoms with Crippen LogP contribution in [-0.4, -0.2) is 4.98 Å². The molecule has 1 heterocycles. The highest BCUT2D eigenvalue weighted by atomic mass is 79.9. The van der Waals surface area contributed by atoms with Gasteiger partial charge in [0.25, 0.3) is 0 Å². The van der Waals surface area contributed by atoms with Gasteiger partial charge in [0.1, 0.15) is 4.60 Å². The monoisotopic (exact) mass is 327 g/mol. The van der Waals surface area contributed by atoms with E-state index in [1.807, 2.05) is 6.92 Å². The smallest absolute Gasteiger partial charge is 0.110 e. The Morgan fingerprint density at radius 1 is 1.30 bits per heavy atom. The minimum atomic E-state index is 0.877. The van der Waals surface area contributed by atoms with Crippen LogP contribution >= 0.6 is 47.8 Å². The van der Waals surface area contributed by atoms with Gasteiger partial charge in [0.2, 0.25) is 0 Å². The Bertz CT molecular complexity index is 232. The number of hydrogen-bond donors (Lipinski definition) is 0. The number of hydrogen-bond acceptors (Lipinski definition) is 1. The summed E-state index contributed by atoms with van der Waals surface area (Å²) in [4.78, 5) is 4.08. The maximum Gasteiger partial charge on any atom is 0.110 e. The molecule has 0 radical (unpaired) electrons. The first-order valence-corrected chi connectivity index (χ1v) is 4.97. The maximum atomic E-state index is 4.08. The van der Waals surface area contributed by atoms with Gasteiger partial charge in [0, 0.05) is 10.7 Å². The molecule has 0 aliphatic rings. The molecule has 4 heteroatoms. The van der Waals surface area contributed by atoms with Gasteiger partial charge in [-0.3, -0.25) is 0 Å². The molecule has 1 aromatic rings. The third kappa shape index (κ3) is 1.60. The molecule has 0 amide bonds. The number of pyridine rings is 1. The summed E-state index contributed by atoms with van der Waals surface area (Å²) in [5, 5.41) is 0. The van der Waals surface area contributed by atoms with Crippen LogP contribution in [0.25, 0.3) is 0 Å². The molecule has 0 aliphatic carbocycles. The normalized spacial score (nSPS) is 10.0. The third-order valence-electron chi connectivity index (χ3n) is 1.14. The van der Waals surface area contributed by atoms with Crippen molar-refractivity contribution in [2.75, 3.05) is 0 Å². The molecule has 54 valence electrons. The van der Waals surface area contributed by atoms with Crippen molar-refractivity contribution in [3.8, 4) is 0 Å². The van der Waals surface area contributed by atoms with Crippen molar-refractivity contribution in [3.63, 3.8) is 0 Å². The van der Waals surface area contributed by atoms with Crippen LogP contribution < -0.4 is 0 Å². The Hall–Kier alpha value is 0.590. The average molecular weight is 330 g/mol. The number of aromatic nitrogens is 1. The first-order chi connectivity index (χ1) is 4.63. The van der Waals surface area contributed by atoms with Gasteiger partial charge in [0.05, 0.1) is 4.47 Å². The van der Waals surface area contributed by atoms with Crippen LogP contribution in [0.15, 0.2) is 19.7 Å². The van der Waals surface area contributed by atoms with Crippen LogP contribution in [0.3, 0.4) is 0 Å². The molecule has 1 rings (SSSR count). The number of nitrogens with zero attached hydrogens (tertiary/aromatic N) is 1. The van der Waals surface area contributed by atoms with Gasteiger partial charge in [-0.05, 0) is 60.3 Å². The zero-order valence-corrected chi connectivity index (χ0v) is 9.92. The SMILES string of the molecule is Cc1c(Br)ncc(Br)c1Br. The van der Waals surface area contributed by atoms with E-state index in [0.717, 1.165) is 19.1 Å². The summed E-state index contributed by atoms with van der Waals surface area (Å²) in [5.74, 6) is 0. The van der Waals surface area contributed by atoms with Crippen molar-refractivity contribution >= 4 is 47.8 Å². The van der Waals surface area contributed by atoms with Gasteiger partial charge in [-0.2, -0.15) is 0 Å². The summed E-state index contributed by atoms with van der Waals surface area (Å²) in [6, 6.07) is 0. The molecule has 1 aromatic heterocycles. The van der Waals surface area contributed by atoms with Crippen LogP contribution in [0.2, 0.25) is 0 Å². The fraction of sp³-hybridized carbons (Fsp3) is 0.167. The van der Waals surface area contributed by atoms with Crippen LogP contribution in [0.1, 0.15) is 5.56 Å². The molecular formula is C6H4Br3N. The van der Waals surface area contributed by atoms with Crippen molar-refractivity contribution in [1.29, 1.82) is 0 Å². The standard InChI is InChI=1S/C6H4Br3N/c1-3-5(8)4(7)2-10-6(3)9/h2H,1H3. The highest BCUT2D eigenvalue weighted by Crippen LogP contribution is 2.29. The quantitative estimate of drug-likeness (QED) is 0.662. The van der Waals surface area contributed by atoms with E-state index in [2.05, 4.69) is 52.8 Å². The van der Waals surface area contributed by atoms with E-state index in [9.17, 15) is 0 Å². The molecule has 0 spiro atoms. The molecule has 0 aromatic carbocycles. The van der Waals surface area contributed by atoms with Gasteiger partial charge in [0.15, 0.2) is 0 Å². The Kier molecular flexibility index (Phi) is 2.89. The van der Waals surface area contributed by atoms with E-state index in [1.54, 1.807) is 6.20 Å². The second kappa shape index (κ2) is 3.32. The summed E-state index contributed by atoms with van der Waals surface area (Å²) < 4.78 is 2.91. The predicted octanol–water partition coefficient (Wildman–Crippen LogP) is 3.68. The average Bonchev–Trinajstić information content (AvgIpc) is 1.93. The second-order valence-corrected chi connectivity index (χ2v) is 4.23. The van der Waals surface area contributed by atoms with E-state index in [4.69, 9.17) is 0 Å². The molecule has 0 unspecified atom stereocenters. The highest BCUT2D eigenvalue weighted by molar-refractivity contribution is 9.13. The minimum Gasteiger partial charge on any atom is -0.248 e. The van der Waals surface area contributed by atoms with Gasteiger partial charge >= 0.3 is 0 Å². The Balaban J connectivity index is 3.34. The lowest BCUT2D eigenvalue weighted by Crippen LogP contribution is -1.83. The molecule has 0 aliphatic heterocycles. The van der Waals surface area contributed by atoms with Crippen molar-refractivity contribution in [2.45, 2.75) is 6.92 Å². The van der Waals surface area contributed by atoms with Crippen LogP contribution in [-0.2, 0) is 0 Å². The number of rotatable bonds is 0. The van der Waals surface area contributed by atoms with E-state index in [0.29, 0.717) is 0 Å². The van der Waals surface area contributed by atoms with Gasteiger partial charge in [-0.1, -0.05) is 0 Å². The summed E-state index contributed by atoms with van der Waals surface area (Å²) >= 11 is 10.1. The van der Waals surface area contributed by atoms with E-state index >= 15 is 0 Å². The van der Waals surface area contributed by atoms with Gasteiger partial charge in [-0.25, -0.2) is 4.98 Å². The Morgan fingerprint density at radius 3 is 2.40 bits per heavy atom. The number of halogens is 3. The van der Waals surface area contributed by atoms with Gasteiger partial charge in [-0.15, -0.1) is 0 Å². The van der Waals surface area contributed by atoms with Crippen molar-refractivity contribution in [3.05, 3.63) is 25.3 Å². The lowest BCUT2D eigenvalue weighted by molar-refractivity contribution is 1.18. The van der Waals surface area contributed by atoms with Crippen molar-refractivity contribution < 1.29 is 0 Å². The minimum absolute atomic E-state index is 0.877. The molecule has 0 fully saturated rings. The van der Waals surface area contributed by atoms with Crippen LogP contribution in [0, 0.1) is 6.92 Å². The Morgan fingerprint density at radius 2 is 1.90 bits per heavy atom. The van der Waals surface area contributed by atoms with Gasteiger partial charge < -0.3 is 0 Å². The molecule has 10 heavy (non-hydrogen) atoms. The molecule has 1 nitrogen and oxygen atoms in total. The van der Waals surface area contributed by atoms with E-state index in [-0.39, 0.29) is 0 Å². The third-order valence-corrected chi connectivity index (χ3v) is 4.09. The fourth-order valence-electron chi connectivity index (χ4n) is 0.537. The lowest BCUT2D eigenvalue weighted by Gasteiger charge is -2.00. The van der Waals surface area contributed by atoms with Crippen molar-refractivity contribution in [1.82, 2.24) is 4.98 Å². The molecule has 0 saturated carbocycles. The molecule has 0 N–H and O–H groups in total. The highest BCUT2D eigenvalue weighted by Gasteiger charge is 2.03. The van der Waals surface area contributed by atoms with E-state index < -0.39 is 0 Å². The molecule has 0 saturated heterocycles. The summed E-state index contributed by atoms with van der Waals surface area (Å²) in [6.07, 6.45) is 1.75. The first kappa shape index (κ1) is 8.68. The van der Waals surface area contributed by atoms with Crippen LogP contribution in [0.5, 0.6) is 0 Å². The van der Waals surface area contributed by atoms with Crippen molar-refractivity contribution in [2.24, 2.45) is 0 Å². The topological polar surface area (TPSA) is 12.9 Å². The summed E-state index contributed by atoms with van der Waals surface area (Å²) in [6.45, 7) is 1.99. The molecular weight excluding hydrogens is 326 g/mol. The predicted molar refractivity (Wildman–Crippen MR) is 52.1 cm³/mol. The molecule has 0 bridgehead atoms.